The van der Waals surface area contributed by atoms with Gasteiger partial charge >= 0.3 is 0 Å². The summed E-state index contributed by atoms with van der Waals surface area (Å²) < 4.78 is 0. The fraction of sp³-hybridized carbons (Fsp3) is 0.882. The Labute approximate surface area is 133 Å². The average molecular weight is 307 g/mol. The Morgan fingerprint density at radius 1 is 1.18 bits per heavy atom. The summed E-state index contributed by atoms with van der Waals surface area (Å²) in [5, 5.41) is 0. The molecule has 22 heavy (non-hydrogen) atoms. The minimum Gasteiger partial charge on any atom is -0.339 e. The van der Waals surface area contributed by atoms with Gasteiger partial charge in [-0.3, -0.25) is 9.59 Å². The standard InChI is InChI=1S/C17H29N3O2/c1-12(18)15-8-4-5-9-19(15)17(22)13-10-16(21)20(11-13)14-6-2-3-7-14/h12-15H,2-11,18H2,1H3. The Kier molecular flexibility index (Phi) is 4.71. The molecule has 1 aliphatic carbocycles. The van der Waals surface area contributed by atoms with Gasteiger partial charge in [0.1, 0.15) is 0 Å². The molecule has 3 fully saturated rings. The van der Waals surface area contributed by atoms with E-state index in [9.17, 15) is 9.59 Å². The Hall–Kier alpha value is -1.10. The van der Waals surface area contributed by atoms with Gasteiger partial charge in [-0.05, 0) is 39.0 Å². The van der Waals surface area contributed by atoms with Crippen molar-refractivity contribution in [1.82, 2.24) is 9.80 Å². The van der Waals surface area contributed by atoms with E-state index in [0.29, 0.717) is 19.0 Å². The van der Waals surface area contributed by atoms with Gasteiger partial charge in [-0.2, -0.15) is 0 Å². The van der Waals surface area contributed by atoms with Crippen LogP contribution in [0.15, 0.2) is 0 Å². The van der Waals surface area contributed by atoms with Crippen LogP contribution in [0.1, 0.15) is 58.3 Å². The fourth-order valence-corrected chi connectivity index (χ4v) is 4.48. The lowest BCUT2D eigenvalue weighted by Gasteiger charge is -2.39. The number of hydrogen-bond acceptors (Lipinski definition) is 3. The summed E-state index contributed by atoms with van der Waals surface area (Å²) in [4.78, 5) is 29.2. The summed E-state index contributed by atoms with van der Waals surface area (Å²) in [5.41, 5.74) is 6.08. The van der Waals surface area contributed by atoms with Crippen LogP contribution in [0, 0.1) is 5.92 Å². The first kappa shape index (κ1) is 15.8. The van der Waals surface area contributed by atoms with E-state index in [-0.39, 0.29) is 29.8 Å². The van der Waals surface area contributed by atoms with E-state index in [4.69, 9.17) is 5.73 Å². The molecule has 5 nitrogen and oxygen atoms in total. The highest BCUT2D eigenvalue weighted by Crippen LogP contribution is 2.31. The Balaban J connectivity index is 1.65. The van der Waals surface area contributed by atoms with E-state index >= 15 is 0 Å². The van der Waals surface area contributed by atoms with Crippen LogP contribution in [-0.2, 0) is 9.59 Å². The molecule has 0 spiro atoms. The third-order valence-corrected chi connectivity index (χ3v) is 5.71. The van der Waals surface area contributed by atoms with Gasteiger partial charge in [0.15, 0.2) is 0 Å². The molecule has 124 valence electrons. The van der Waals surface area contributed by atoms with Crippen molar-refractivity contribution < 1.29 is 9.59 Å². The van der Waals surface area contributed by atoms with Crippen LogP contribution < -0.4 is 5.73 Å². The zero-order valence-electron chi connectivity index (χ0n) is 13.7. The molecule has 0 radical (unpaired) electrons. The number of nitrogens with two attached hydrogens (primary N) is 1. The first-order valence-corrected chi connectivity index (χ1v) is 8.93. The van der Waals surface area contributed by atoms with E-state index in [2.05, 4.69) is 0 Å². The topological polar surface area (TPSA) is 66.6 Å². The van der Waals surface area contributed by atoms with Crippen LogP contribution >= 0.6 is 0 Å². The number of amides is 2. The first-order chi connectivity index (χ1) is 10.6. The zero-order valence-corrected chi connectivity index (χ0v) is 13.7. The molecule has 0 bridgehead atoms. The first-order valence-electron chi connectivity index (χ1n) is 8.93. The summed E-state index contributed by atoms with van der Waals surface area (Å²) in [7, 11) is 0. The summed E-state index contributed by atoms with van der Waals surface area (Å²) >= 11 is 0. The lowest BCUT2D eigenvalue weighted by molar-refractivity contribution is -0.139. The van der Waals surface area contributed by atoms with Crippen molar-refractivity contribution in [1.29, 1.82) is 0 Å². The number of hydrogen-bond donors (Lipinski definition) is 1. The normalized spacial score (nSPS) is 31.8. The van der Waals surface area contributed by atoms with Gasteiger partial charge in [-0.25, -0.2) is 0 Å². The largest absolute Gasteiger partial charge is 0.339 e. The molecule has 2 heterocycles. The second-order valence-corrected chi connectivity index (χ2v) is 7.34. The molecule has 2 N–H and O–H groups in total. The van der Waals surface area contributed by atoms with E-state index in [0.717, 1.165) is 38.6 Å². The maximum atomic E-state index is 12.9. The van der Waals surface area contributed by atoms with Gasteiger partial charge in [0.05, 0.1) is 5.92 Å². The molecule has 0 aromatic heterocycles. The molecule has 5 heteroatoms. The van der Waals surface area contributed by atoms with Crippen LogP contribution in [0.5, 0.6) is 0 Å². The van der Waals surface area contributed by atoms with Gasteiger partial charge < -0.3 is 15.5 Å². The second kappa shape index (κ2) is 6.57. The third kappa shape index (κ3) is 3.00. The van der Waals surface area contributed by atoms with Crippen LogP contribution in [-0.4, -0.2) is 52.8 Å². The fourth-order valence-electron chi connectivity index (χ4n) is 4.48. The van der Waals surface area contributed by atoms with Crippen LogP contribution in [0.4, 0.5) is 0 Å². The molecule has 2 aliphatic heterocycles. The molecule has 3 atom stereocenters. The third-order valence-electron chi connectivity index (χ3n) is 5.71. The van der Waals surface area contributed by atoms with Crippen molar-refractivity contribution in [3.05, 3.63) is 0 Å². The summed E-state index contributed by atoms with van der Waals surface area (Å²) in [6, 6.07) is 0.542. The number of piperidine rings is 1. The lowest BCUT2D eigenvalue weighted by Crippen LogP contribution is -2.53. The molecular weight excluding hydrogens is 278 g/mol. The van der Waals surface area contributed by atoms with Gasteiger partial charge in [0.25, 0.3) is 0 Å². The molecule has 2 saturated heterocycles. The molecule has 3 unspecified atom stereocenters. The van der Waals surface area contributed by atoms with Crippen molar-refractivity contribution in [2.45, 2.75) is 76.4 Å². The predicted molar refractivity (Wildman–Crippen MR) is 85.1 cm³/mol. The summed E-state index contributed by atoms with van der Waals surface area (Å²) in [6.07, 6.45) is 8.25. The van der Waals surface area contributed by atoms with Gasteiger partial charge in [0.2, 0.25) is 11.8 Å². The minimum atomic E-state index is -0.146. The highest BCUT2D eigenvalue weighted by Gasteiger charge is 2.42. The van der Waals surface area contributed by atoms with E-state index in [1.54, 1.807) is 0 Å². The molecule has 2 amide bonds. The van der Waals surface area contributed by atoms with Crippen molar-refractivity contribution in [3.63, 3.8) is 0 Å². The van der Waals surface area contributed by atoms with E-state index in [1.807, 2.05) is 16.7 Å². The smallest absolute Gasteiger partial charge is 0.228 e. The maximum Gasteiger partial charge on any atom is 0.228 e. The van der Waals surface area contributed by atoms with Crippen LogP contribution in [0.2, 0.25) is 0 Å². The van der Waals surface area contributed by atoms with E-state index < -0.39 is 0 Å². The summed E-state index contributed by atoms with van der Waals surface area (Å²) in [5.74, 6) is 0.197. The highest BCUT2D eigenvalue weighted by atomic mass is 16.2. The monoisotopic (exact) mass is 307 g/mol. The number of carbonyl (C=O) groups excluding carboxylic acids is 2. The predicted octanol–water partition coefficient (Wildman–Crippen LogP) is 1.51. The quantitative estimate of drug-likeness (QED) is 0.859. The van der Waals surface area contributed by atoms with Crippen molar-refractivity contribution in [2.75, 3.05) is 13.1 Å². The molecule has 0 aromatic carbocycles. The maximum absolute atomic E-state index is 12.9. The number of nitrogens with zero attached hydrogens (tertiary/aromatic N) is 2. The van der Waals surface area contributed by atoms with Crippen molar-refractivity contribution in [3.8, 4) is 0 Å². The molecule has 3 rings (SSSR count). The minimum absolute atomic E-state index is 0.00675. The number of carbonyl (C=O) groups is 2. The molecular formula is C17H29N3O2. The highest BCUT2D eigenvalue weighted by molar-refractivity contribution is 5.89. The Bertz CT molecular complexity index is 432. The van der Waals surface area contributed by atoms with Crippen LogP contribution in [0.3, 0.4) is 0 Å². The molecule has 3 aliphatic rings. The van der Waals surface area contributed by atoms with Gasteiger partial charge in [-0.1, -0.05) is 12.8 Å². The Morgan fingerprint density at radius 2 is 1.86 bits per heavy atom. The van der Waals surface area contributed by atoms with Crippen molar-refractivity contribution in [2.24, 2.45) is 11.7 Å². The molecule has 0 aromatic rings. The van der Waals surface area contributed by atoms with Crippen LogP contribution in [0.25, 0.3) is 0 Å². The van der Waals surface area contributed by atoms with Gasteiger partial charge in [-0.15, -0.1) is 0 Å². The zero-order chi connectivity index (χ0) is 15.7. The van der Waals surface area contributed by atoms with E-state index in [1.165, 1.54) is 12.8 Å². The number of likely N-dealkylation sites (tertiary alicyclic amines) is 2. The Morgan fingerprint density at radius 3 is 2.55 bits per heavy atom. The second-order valence-electron chi connectivity index (χ2n) is 7.34. The van der Waals surface area contributed by atoms with Gasteiger partial charge in [0, 0.05) is 37.6 Å². The molecule has 1 saturated carbocycles. The summed E-state index contributed by atoms with van der Waals surface area (Å²) in [6.45, 7) is 3.42. The number of rotatable bonds is 3. The SMILES string of the molecule is CC(N)C1CCCCN1C(=O)C1CC(=O)N(C2CCCC2)C1. The van der Waals surface area contributed by atoms with Crippen molar-refractivity contribution >= 4 is 11.8 Å². The lowest BCUT2D eigenvalue weighted by atomic mass is 9.94. The average Bonchev–Trinajstić information content (AvgIpc) is 3.15.